The van der Waals surface area contributed by atoms with Crippen LogP contribution in [0.3, 0.4) is 0 Å². The maximum Gasteiger partial charge on any atom is 0.102 e. The first-order valence-corrected chi connectivity index (χ1v) is 7.92. The molecule has 1 N–H and O–H groups in total. The molecule has 1 aromatic heterocycles. The van der Waals surface area contributed by atoms with E-state index in [1.165, 1.54) is 58.2 Å². The zero-order chi connectivity index (χ0) is 14.3. The van der Waals surface area contributed by atoms with Gasteiger partial charge in [0, 0.05) is 12.4 Å². The summed E-state index contributed by atoms with van der Waals surface area (Å²) in [4.78, 5) is 9.39. The highest BCUT2D eigenvalue weighted by atomic mass is 15.1. The van der Waals surface area contributed by atoms with Crippen molar-refractivity contribution in [2.45, 2.75) is 66.2 Å². The van der Waals surface area contributed by atoms with Crippen molar-refractivity contribution in [3.05, 3.63) is 18.2 Å². The van der Waals surface area contributed by atoms with Crippen molar-refractivity contribution >= 4 is 0 Å². The summed E-state index contributed by atoms with van der Waals surface area (Å²) in [5.41, 5.74) is 0. The smallest absolute Gasteiger partial charge is 0.102 e. The molecule has 0 aliphatic carbocycles. The van der Waals surface area contributed by atoms with Gasteiger partial charge in [0.05, 0.1) is 0 Å². The summed E-state index contributed by atoms with van der Waals surface area (Å²) in [7, 11) is 0. The molecule has 0 aliphatic heterocycles. The second-order valence-electron chi connectivity index (χ2n) is 5.08. The van der Waals surface area contributed by atoms with Crippen LogP contribution in [0.1, 0.15) is 65.1 Å². The van der Waals surface area contributed by atoms with E-state index in [9.17, 15) is 0 Å². The summed E-state index contributed by atoms with van der Waals surface area (Å²) in [6.07, 6.45) is 11.6. The van der Waals surface area contributed by atoms with Gasteiger partial charge in [-0.2, -0.15) is 0 Å². The van der Waals surface area contributed by atoms with Crippen LogP contribution in [0.4, 0.5) is 0 Å². The fourth-order valence-electron chi connectivity index (χ4n) is 1.82. The highest BCUT2D eigenvalue weighted by Gasteiger charge is 2.01. The van der Waals surface area contributed by atoms with Crippen molar-refractivity contribution in [3.63, 3.8) is 0 Å². The summed E-state index contributed by atoms with van der Waals surface area (Å²) in [6.45, 7) is 12.7. The molecule has 0 aliphatic rings. The molecule has 0 fully saturated rings. The average Bonchev–Trinajstić information content (AvgIpc) is 2.90. The van der Waals surface area contributed by atoms with Crippen molar-refractivity contribution in [1.82, 2.24) is 14.9 Å². The van der Waals surface area contributed by atoms with Gasteiger partial charge >= 0.3 is 0 Å². The van der Waals surface area contributed by atoms with Gasteiger partial charge in [-0.25, -0.2) is 4.98 Å². The Kier molecular flexibility index (Phi) is 13.0. The Morgan fingerprint density at radius 1 is 0.947 bits per heavy atom. The third-order valence-electron chi connectivity index (χ3n) is 3.12. The van der Waals surface area contributed by atoms with Crippen molar-refractivity contribution in [3.8, 4) is 0 Å². The number of aromatic amines is 1. The van der Waals surface area contributed by atoms with E-state index in [4.69, 9.17) is 0 Å². The molecule has 0 amide bonds. The molecule has 1 aromatic rings. The number of hydrogen-bond acceptors (Lipinski definition) is 2. The van der Waals surface area contributed by atoms with Crippen molar-refractivity contribution in [2.24, 2.45) is 0 Å². The molecule has 0 saturated carbocycles. The summed E-state index contributed by atoms with van der Waals surface area (Å²) in [6, 6.07) is 0. The van der Waals surface area contributed by atoms with E-state index in [1.54, 1.807) is 12.4 Å². The lowest BCUT2D eigenvalue weighted by Crippen LogP contribution is -2.27. The Bertz CT molecular complexity index is 238. The largest absolute Gasteiger partial charge is 0.349 e. The first-order valence-electron chi connectivity index (χ1n) is 7.92. The van der Waals surface area contributed by atoms with E-state index in [1.807, 2.05) is 6.92 Å². The molecular weight excluding hydrogens is 234 g/mol. The molecule has 1 rings (SSSR count). The quantitative estimate of drug-likeness (QED) is 0.719. The van der Waals surface area contributed by atoms with E-state index < -0.39 is 0 Å². The molecule has 1 heterocycles. The number of rotatable bonds is 9. The van der Waals surface area contributed by atoms with E-state index in [2.05, 4.69) is 35.6 Å². The highest BCUT2D eigenvalue weighted by Crippen LogP contribution is 2.01. The van der Waals surface area contributed by atoms with Gasteiger partial charge in [0.1, 0.15) is 5.82 Å². The summed E-state index contributed by atoms with van der Waals surface area (Å²) in [5.74, 6) is 0.968. The third kappa shape index (κ3) is 12.0. The van der Waals surface area contributed by atoms with Crippen LogP contribution in [0.25, 0.3) is 0 Å². The van der Waals surface area contributed by atoms with Crippen LogP contribution in [0.2, 0.25) is 0 Å². The Balaban J connectivity index is 0.000000443. The Labute approximate surface area is 119 Å². The normalized spacial score (nSPS) is 10.4. The lowest BCUT2D eigenvalue weighted by Gasteiger charge is -2.21. The van der Waals surface area contributed by atoms with E-state index in [-0.39, 0.29) is 0 Å². The van der Waals surface area contributed by atoms with Crippen molar-refractivity contribution in [2.75, 3.05) is 19.6 Å². The highest BCUT2D eigenvalue weighted by molar-refractivity contribution is 4.80. The molecule has 0 atom stereocenters. The van der Waals surface area contributed by atoms with Crippen molar-refractivity contribution in [1.29, 1.82) is 0 Å². The van der Waals surface area contributed by atoms with Gasteiger partial charge < -0.3 is 9.88 Å². The average molecular weight is 267 g/mol. The lowest BCUT2D eigenvalue weighted by atomic mass is 10.2. The molecule has 0 saturated heterocycles. The molecular formula is C16H33N3. The minimum atomic E-state index is 0.968. The number of nitrogens with zero attached hydrogens (tertiary/aromatic N) is 2. The van der Waals surface area contributed by atoms with Crippen LogP contribution < -0.4 is 0 Å². The molecule has 19 heavy (non-hydrogen) atoms. The Morgan fingerprint density at radius 2 is 1.42 bits per heavy atom. The number of unbranched alkanes of at least 4 members (excludes halogenated alkanes) is 3. The molecule has 0 unspecified atom stereocenters. The second kappa shape index (κ2) is 13.6. The Morgan fingerprint density at radius 3 is 1.63 bits per heavy atom. The molecule has 0 radical (unpaired) electrons. The van der Waals surface area contributed by atoms with Gasteiger partial charge in [-0.05, 0) is 45.8 Å². The number of aryl methyl sites for hydroxylation is 1. The fourth-order valence-corrected chi connectivity index (χ4v) is 1.82. The van der Waals surface area contributed by atoms with Crippen molar-refractivity contribution < 1.29 is 0 Å². The Hall–Kier alpha value is -0.830. The fraction of sp³-hybridized carbons (Fsp3) is 0.812. The molecule has 0 aromatic carbocycles. The van der Waals surface area contributed by atoms with Gasteiger partial charge in [0.25, 0.3) is 0 Å². The summed E-state index contributed by atoms with van der Waals surface area (Å²) in [5, 5.41) is 0. The monoisotopic (exact) mass is 267 g/mol. The van der Waals surface area contributed by atoms with Gasteiger partial charge in [0.2, 0.25) is 0 Å². The number of aromatic nitrogens is 2. The maximum atomic E-state index is 3.86. The zero-order valence-corrected chi connectivity index (χ0v) is 13.4. The van der Waals surface area contributed by atoms with Crippen LogP contribution in [-0.4, -0.2) is 34.5 Å². The zero-order valence-electron chi connectivity index (χ0n) is 13.4. The number of nitrogens with one attached hydrogen (secondary N) is 1. The lowest BCUT2D eigenvalue weighted by molar-refractivity contribution is 0.261. The number of imidazole rings is 1. The molecule has 3 heteroatoms. The number of hydrogen-bond donors (Lipinski definition) is 1. The van der Waals surface area contributed by atoms with Gasteiger partial charge in [0.15, 0.2) is 0 Å². The summed E-state index contributed by atoms with van der Waals surface area (Å²) < 4.78 is 0. The minimum Gasteiger partial charge on any atom is -0.349 e. The predicted octanol–water partition coefficient (Wildman–Crippen LogP) is 4.41. The standard InChI is InChI=1S/C12H27N.C4H6N2/c1-4-7-10-13(11-8-5-2)12-9-6-3;1-4-5-2-3-6-4/h4-12H2,1-3H3;2-3H,1H3,(H,5,6). The van der Waals surface area contributed by atoms with Gasteiger partial charge in [-0.1, -0.05) is 40.0 Å². The van der Waals surface area contributed by atoms with E-state index in [0.29, 0.717) is 0 Å². The first-order chi connectivity index (χ1) is 9.24. The van der Waals surface area contributed by atoms with Gasteiger partial charge in [-0.3, -0.25) is 0 Å². The SMILES string of the molecule is CCCCN(CCCC)CCCC.Cc1ncc[nH]1. The second-order valence-corrected chi connectivity index (χ2v) is 5.08. The van der Waals surface area contributed by atoms with Crippen LogP contribution in [-0.2, 0) is 0 Å². The molecule has 3 nitrogen and oxygen atoms in total. The minimum absolute atomic E-state index is 0.968. The third-order valence-corrected chi connectivity index (χ3v) is 3.12. The summed E-state index contributed by atoms with van der Waals surface area (Å²) >= 11 is 0. The number of H-pyrrole nitrogens is 1. The maximum absolute atomic E-state index is 3.86. The van der Waals surface area contributed by atoms with E-state index >= 15 is 0 Å². The molecule has 0 spiro atoms. The van der Waals surface area contributed by atoms with Crippen LogP contribution in [0.5, 0.6) is 0 Å². The molecule has 0 bridgehead atoms. The van der Waals surface area contributed by atoms with Crippen LogP contribution >= 0.6 is 0 Å². The molecule has 112 valence electrons. The topological polar surface area (TPSA) is 31.9 Å². The first kappa shape index (κ1) is 18.2. The van der Waals surface area contributed by atoms with Crippen LogP contribution in [0, 0.1) is 6.92 Å². The van der Waals surface area contributed by atoms with Gasteiger partial charge in [-0.15, -0.1) is 0 Å². The van der Waals surface area contributed by atoms with Crippen LogP contribution in [0.15, 0.2) is 12.4 Å². The predicted molar refractivity (Wildman–Crippen MR) is 84.5 cm³/mol. The van der Waals surface area contributed by atoms with E-state index in [0.717, 1.165) is 5.82 Å².